The molecular formula is C15H14ClN3O3. The molecule has 114 valence electrons. The van der Waals surface area contributed by atoms with Crippen molar-refractivity contribution in [3.05, 3.63) is 69.2 Å². The molecule has 0 saturated heterocycles. The number of nitrogens with one attached hydrogen (secondary N) is 1. The van der Waals surface area contributed by atoms with Gasteiger partial charge in [0.1, 0.15) is 0 Å². The number of amides is 2. The van der Waals surface area contributed by atoms with Crippen LogP contribution >= 0.6 is 11.6 Å². The fourth-order valence-electron chi connectivity index (χ4n) is 1.87. The molecule has 22 heavy (non-hydrogen) atoms. The highest BCUT2D eigenvalue weighted by atomic mass is 35.5. The van der Waals surface area contributed by atoms with Crippen LogP contribution < -0.4 is 5.32 Å². The summed E-state index contributed by atoms with van der Waals surface area (Å²) < 4.78 is 0. The van der Waals surface area contributed by atoms with Crippen molar-refractivity contribution >= 4 is 29.0 Å². The minimum Gasteiger partial charge on any atom is -0.323 e. The third-order valence-corrected chi connectivity index (χ3v) is 3.22. The summed E-state index contributed by atoms with van der Waals surface area (Å²) in [5.41, 5.74) is 1.38. The molecule has 7 heteroatoms. The fraction of sp³-hybridized carbons (Fsp3) is 0.133. The van der Waals surface area contributed by atoms with Crippen molar-refractivity contribution in [2.24, 2.45) is 0 Å². The van der Waals surface area contributed by atoms with Crippen molar-refractivity contribution in [1.82, 2.24) is 4.90 Å². The number of urea groups is 1. The summed E-state index contributed by atoms with van der Waals surface area (Å²) in [4.78, 5) is 23.6. The van der Waals surface area contributed by atoms with Crippen LogP contribution in [0.4, 0.5) is 16.2 Å². The summed E-state index contributed by atoms with van der Waals surface area (Å²) in [6.07, 6.45) is 0. The zero-order valence-corrected chi connectivity index (χ0v) is 12.6. The second-order valence-corrected chi connectivity index (χ2v) is 5.16. The second-order valence-electron chi connectivity index (χ2n) is 4.72. The van der Waals surface area contributed by atoms with Gasteiger partial charge in [0.2, 0.25) is 0 Å². The zero-order chi connectivity index (χ0) is 16.1. The van der Waals surface area contributed by atoms with Gasteiger partial charge in [-0.3, -0.25) is 10.1 Å². The van der Waals surface area contributed by atoms with Crippen LogP contribution in [0.3, 0.4) is 0 Å². The number of halogens is 1. The molecule has 0 saturated carbocycles. The standard InChI is InChI=1S/C15H14ClN3O3/c1-18(10-11-3-2-4-12(16)9-11)15(20)17-13-5-7-14(8-6-13)19(21)22/h2-9H,10H2,1H3,(H,17,20). The van der Waals surface area contributed by atoms with Gasteiger partial charge in [-0.05, 0) is 29.8 Å². The molecule has 0 heterocycles. The molecule has 2 aromatic carbocycles. The first-order chi connectivity index (χ1) is 10.5. The molecule has 0 aliphatic carbocycles. The van der Waals surface area contributed by atoms with Gasteiger partial charge in [0.05, 0.1) is 4.92 Å². The summed E-state index contributed by atoms with van der Waals surface area (Å²) in [5, 5.41) is 13.9. The molecule has 0 aliphatic rings. The minimum atomic E-state index is -0.489. The largest absolute Gasteiger partial charge is 0.323 e. The number of anilines is 1. The SMILES string of the molecule is CN(Cc1cccc(Cl)c1)C(=O)Nc1ccc([N+](=O)[O-])cc1. The molecule has 0 atom stereocenters. The number of hydrogen-bond acceptors (Lipinski definition) is 3. The second kappa shape index (κ2) is 6.91. The van der Waals surface area contributed by atoms with E-state index in [2.05, 4.69) is 5.32 Å². The van der Waals surface area contributed by atoms with E-state index >= 15 is 0 Å². The van der Waals surface area contributed by atoms with Crippen molar-refractivity contribution in [3.8, 4) is 0 Å². The van der Waals surface area contributed by atoms with Crippen molar-refractivity contribution in [1.29, 1.82) is 0 Å². The summed E-state index contributed by atoms with van der Waals surface area (Å²) in [5.74, 6) is 0. The van der Waals surface area contributed by atoms with Gasteiger partial charge in [-0.15, -0.1) is 0 Å². The Kier molecular flexibility index (Phi) is 4.95. The first-order valence-electron chi connectivity index (χ1n) is 6.47. The van der Waals surface area contributed by atoms with Crippen LogP contribution in [-0.4, -0.2) is 22.9 Å². The lowest BCUT2D eigenvalue weighted by Gasteiger charge is -2.18. The van der Waals surface area contributed by atoms with E-state index in [-0.39, 0.29) is 11.7 Å². The van der Waals surface area contributed by atoms with E-state index in [4.69, 9.17) is 11.6 Å². The summed E-state index contributed by atoms with van der Waals surface area (Å²) in [6, 6.07) is 12.6. The lowest BCUT2D eigenvalue weighted by molar-refractivity contribution is -0.384. The predicted molar refractivity (Wildman–Crippen MR) is 85.0 cm³/mol. The molecule has 2 rings (SSSR count). The number of rotatable bonds is 4. The van der Waals surface area contributed by atoms with Crippen LogP contribution in [0.15, 0.2) is 48.5 Å². The maximum absolute atomic E-state index is 12.1. The fourth-order valence-corrected chi connectivity index (χ4v) is 2.08. The number of nitro groups is 1. The zero-order valence-electron chi connectivity index (χ0n) is 11.8. The maximum Gasteiger partial charge on any atom is 0.321 e. The van der Waals surface area contributed by atoms with E-state index in [1.165, 1.54) is 29.2 Å². The summed E-state index contributed by atoms with van der Waals surface area (Å²) >= 11 is 5.90. The monoisotopic (exact) mass is 319 g/mol. The number of benzene rings is 2. The van der Waals surface area contributed by atoms with Crippen LogP contribution in [-0.2, 0) is 6.54 Å². The third-order valence-electron chi connectivity index (χ3n) is 2.98. The Morgan fingerprint density at radius 3 is 2.55 bits per heavy atom. The van der Waals surface area contributed by atoms with Gasteiger partial charge in [0, 0.05) is 36.4 Å². The Hall–Kier alpha value is -2.60. The van der Waals surface area contributed by atoms with Crippen molar-refractivity contribution in [2.75, 3.05) is 12.4 Å². The smallest absolute Gasteiger partial charge is 0.321 e. The Labute approximate surface area is 132 Å². The molecule has 0 fully saturated rings. The number of non-ortho nitro benzene ring substituents is 1. The molecule has 6 nitrogen and oxygen atoms in total. The molecule has 2 amide bonds. The van der Waals surface area contributed by atoms with E-state index in [9.17, 15) is 14.9 Å². The Balaban J connectivity index is 1.97. The summed E-state index contributed by atoms with van der Waals surface area (Å²) in [7, 11) is 1.65. The third kappa shape index (κ3) is 4.20. The van der Waals surface area contributed by atoms with Crippen LogP contribution in [0.2, 0.25) is 5.02 Å². The van der Waals surface area contributed by atoms with Gasteiger partial charge in [-0.2, -0.15) is 0 Å². The number of carbonyl (C=O) groups excluding carboxylic acids is 1. The van der Waals surface area contributed by atoms with E-state index in [0.717, 1.165) is 5.56 Å². The minimum absolute atomic E-state index is 0.0229. The van der Waals surface area contributed by atoms with Gasteiger partial charge in [0.15, 0.2) is 0 Å². The molecule has 2 aromatic rings. The van der Waals surface area contributed by atoms with Crippen LogP contribution in [0.1, 0.15) is 5.56 Å². The molecule has 0 unspecified atom stereocenters. The topological polar surface area (TPSA) is 75.5 Å². The highest BCUT2D eigenvalue weighted by Crippen LogP contribution is 2.16. The molecule has 0 radical (unpaired) electrons. The van der Waals surface area contributed by atoms with Crippen molar-refractivity contribution in [2.45, 2.75) is 6.54 Å². The lowest BCUT2D eigenvalue weighted by atomic mass is 10.2. The highest BCUT2D eigenvalue weighted by Gasteiger charge is 2.11. The van der Waals surface area contributed by atoms with Gasteiger partial charge in [0.25, 0.3) is 5.69 Å². The van der Waals surface area contributed by atoms with Crippen LogP contribution in [0, 0.1) is 10.1 Å². The van der Waals surface area contributed by atoms with E-state index in [1.807, 2.05) is 12.1 Å². The first kappa shape index (κ1) is 15.8. The number of carbonyl (C=O) groups is 1. The molecule has 1 N–H and O–H groups in total. The number of nitro benzene ring substituents is 1. The van der Waals surface area contributed by atoms with E-state index in [1.54, 1.807) is 19.2 Å². The van der Waals surface area contributed by atoms with E-state index < -0.39 is 4.92 Å². The summed E-state index contributed by atoms with van der Waals surface area (Å²) in [6.45, 7) is 0.402. The molecule has 0 spiro atoms. The molecule has 0 aliphatic heterocycles. The van der Waals surface area contributed by atoms with Crippen molar-refractivity contribution < 1.29 is 9.72 Å². The first-order valence-corrected chi connectivity index (χ1v) is 6.84. The Bertz CT molecular complexity index is 689. The molecule has 0 aromatic heterocycles. The molecule has 0 bridgehead atoms. The molecular weight excluding hydrogens is 306 g/mol. The Morgan fingerprint density at radius 1 is 1.27 bits per heavy atom. The predicted octanol–water partition coefficient (Wildman–Crippen LogP) is 3.91. The van der Waals surface area contributed by atoms with E-state index in [0.29, 0.717) is 17.3 Å². The normalized spacial score (nSPS) is 10.1. The highest BCUT2D eigenvalue weighted by molar-refractivity contribution is 6.30. The maximum atomic E-state index is 12.1. The van der Waals surface area contributed by atoms with Crippen LogP contribution in [0.5, 0.6) is 0 Å². The van der Waals surface area contributed by atoms with Gasteiger partial charge < -0.3 is 10.2 Å². The Morgan fingerprint density at radius 2 is 1.95 bits per heavy atom. The number of nitrogens with zero attached hydrogens (tertiary/aromatic N) is 2. The quantitative estimate of drug-likeness (QED) is 0.685. The van der Waals surface area contributed by atoms with Crippen LogP contribution in [0.25, 0.3) is 0 Å². The van der Waals surface area contributed by atoms with Gasteiger partial charge in [-0.1, -0.05) is 23.7 Å². The van der Waals surface area contributed by atoms with Gasteiger partial charge in [-0.25, -0.2) is 4.79 Å². The average molecular weight is 320 g/mol. The van der Waals surface area contributed by atoms with Crippen molar-refractivity contribution in [3.63, 3.8) is 0 Å². The van der Waals surface area contributed by atoms with Gasteiger partial charge >= 0.3 is 6.03 Å². The lowest BCUT2D eigenvalue weighted by Crippen LogP contribution is -2.30. The number of hydrogen-bond donors (Lipinski definition) is 1. The average Bonchev–Trinajstić information content (AvgIpc) is 2.47.